The molecule has 0 fully saturated rings. The Bertz CT molecular complexity index is 869. The Labute approximate surface area is 153 Å². The second-order valence-electron chi connectivity index (χ2n) is 6.98. The predicted octanol–water partition coefficient (Wildman–Crippen LogP) is 3.34. The predicted molar refractivity (Wildman–Crippen MR) is 104 cm³/mol. The van der Waals surface area contributed by atoms with Crippen LogP contribution in [0.1, 0.15) is 25.8 Å². The maximum Gasteiger partial charge on any atom is 0.241 e. The molecule has 0 saturated carbocycles. The third kappa shape index (κ3) is 4.46. The fraction of sp³-hybridized carbons (Fsp3) is 0.350. The summed E-state index contributed by atoms with van der Waals surface area (Å²) in [7, 11) is 0. The minimum absolute atomic E-state index is 0.0352. The van der Waals surface area contributed by atoms with Crippen LogP contribution in [0, 0.1) is 12.8 Å². The molecular weight excluding hydrogens is 326 g/mol. The third-order valence-corrected chi connectivity index (χ3v) is 4.25. The van der Waals surface area contributed by atoms with E-state index in [0.717, 1.165) is 28.7 Å². The van der Waals surface area contributed by atoms with E-state index in [1.807, 2.05) is 55.5 Å². The molecule has 0 saturated heterocycles. The number of carbonyl (C=O) groups excluding carboxylic acids is 1. The third-order valence-electron chi connectivity index (χ3n) is 4.25. The van der Waals surface area contributed by atoms with Crippen LogP contribution in [0.4, 0.5) is 5.69 Å². The average Bonchev–Trinajstić information content (AvgIpc) is 3.03. The number of anilines is 1. The van der Waals surface area contributed by atoms with Crippen molar-refractivity contribution in [2.45, 2.75) is 39.9 Å². The molecule has 0 aliphatic heterocycles. The molecule has 136 valence electrons. The molecular formula is C20H25N5O. The van der Waals surface area contributed by atoms with Crippen LogP contribution in [0.25, 0.3) is 11.0 Å². The maximum atomic E-state index is 12.7. The van der Waals surface area contributed by atoms with Gasteiger partial charge in [0, 0.05) is 5.69 Å². The van der Waals surface area contributed by atoms with Gasteiger partial charge in [0.1, 0.15) is 5.52 Å². The minimum atomic E-state index is -0.306. The topological polar surface area (TPSA) is 71.8 Å². The summed E-state index contributed by atoms with van der Waals surface area (Å²) >= 11 is 0. The van der Waals surface area contributed by atoms with Crippen molar-refractivity contribution in [3.63, 3.8) is 0 Å². The highest BCUT2D eigenvalue weighted by atomic mass is 16.2. The van der Waals surface area contributed by atoms with Gasteiger partial charge in [0.2, 0.25) is 5.91 Å². The van der Waals surface area contributed by atoms with Gasteiger partial charge in [-0.25, -0.2) is 4.68 Å². The lowest BCUT2D eigenvalue weighted by Gasteiger charge is -2.20. The number of hydrogen-bond donors (Lipinski definition) is 2. The molecule has 0 spiro atoms. The van der Waals surface area contributed by atoms with Gasteiger partial charge in [0.25, 0.3) is 0 Å². The van der Waals surface area contributed by atoms with Crippen molar-refractivity contribution in [2.75, 3.05) is 5.32 Å². The largest absolute Gasteiger partial charge is 0.325 e. The van der Waals surface area contributed by atoms with Crippen LogP contribution in [0.2, 0.25) is 0 Å². The van der Waals surface area contributed by atoms with Crippen LogP contribution in [0.3, 0.4) is 0 Å². The Balaban J connectivity index is 1.69. The zero-order chi connectivity index (χ0) is 18.5. The Morgan fingerprint density at radius 1 is 1.12 bits per heavy atom. The van der Waals surface area contributed by atoms with Gasteiger partial charge in [-0.05, 0) is 43.5 Å². The fourth-order valence-electron chi connectivity index (χ4n) is 2.85. The van der Waals surface area contributed by atoms with Gasteiger partial charge in [0.05, 0.1) is 18.2 Å². The van der Waals surface area contributed by atoms with Crippen molar-refractivity contribution < 1.29 is 4.79 Å². The van der Waals surface area contributed by atoms with Crippen molar-refractivity contribution in [2.24, 2.45) is 5.92 Å². The number of benzene rings is 2. The van der Waals surface area contributed by atoms with Gasteiger partial charge in [-0.3, -0.25) is 10.1 Å². The first kappa shape index (κ1) is 18.1. The number of nitrogens with one attached hydrogen (secondary N) is 2. The normalized spacial score (nSPS) is 12.5. The molecule has 0 radical (unpaired) electrons. The number of nitrogens with zero attached hydrogens (tertiary/aromatic N) is 3. The molecule has 6 heteroatoms. The highest BCUT2D eigenvalue weighted by Gasteiger charge is 2.20. The Hall–Kier alpha value is -2.73. The van der Waals surface area contributed by atoms with Gasteiger partial charge in [-0.15, -0.1) is 5.10 Å². The van der Waals surface area contributed by atoms with E-state index in [0.29, 0.717) is 12.6 Å². The zero-order valence-corrected chi connectivity index (χ0v) is 15.4. The van der Waals surface area contributed by atoms with Crippen molar-refractivity contribution in [1.29, 1.82) is 0 Å². The number of para-hydroxylation sites is 1. The van der Waals surface area contributed by atoms with E-state index < -0.39 is 0 Å². The number of rotatable bonds is 7. The number of aryl methyl sites for hydroxylation is 1. The van der Waals surface area contributed by atoms with E-state index in [1.165, 1.54) is 0 Å². The summed E-state index contributed by atoms with van der Waals surface area (Å²) < 4.78 is 1.78. The van der Waals surface area contributed by atoms with Gasteiger partial charge >= 0.3 is 0 Å². The first-order chi connectivity index (χ1) is 12.5. The number of aromatic nitrogens is 3. The van der Waals surface area contributed by atoms with E-state index >= 15 is 0 Å². The molecule has 26 heavy (non-hydrogen) atoms. The van der Waals surface area contributed by atoms with Gasteiger partial charge in [-0.1, -0.05) is 48.9 Å². The van der Waals surface area contributed by atoms with Crippen molar-refractivity contribution >= 4 is 22.6 Å². The van der Waals surface area contributed by atoms with E-state index in [9.17, 15) is 4.79 Å². The first-order valence-electron chi connectivity index (χ1n) is 8.92. The number of carbonyl (C=O) groups is 1. The van der Waals surface area contributed by atoms with Gasteiger partial charge < -0.3 is 5.32 Å². The smallest absolute Gasteiger partial charge is 0.241 e. The molecule has 1 atom stereocenters. The molecule has 0 aliphatic rings. The molecule has 0 bridgehead atoms. The van der Waals surface area contributed by atoms with E-state index in [1.54, 1.807) is 4.68 Å². The van der Waals surface area contributed by atoms with Crippen LogP contribution in [0.5, 0.6) is 0 Å². The standard InChI is InChI=1S/C20H25N5O/c1-14(2)12-18(20(26)22-16-10-8-15(3)9-11-16)21-13-25-19-7-5-4-6-17(19)23-24-25/h4-11,14,18,21H,12-13H2,1-3H3,(H,22,26). The fourth-order valence-corrected chi connectivity index (χ4v) is 2.85. The van der Waals surface area contributed by atoms with Crippen LogP contribution in [0.15, 0.2) is 48.5 Å². The molecule has 2 N–H and O–H groups in total. The Morgan fingerprint density at radius 3 is 2.58 bits per heavy atom. The van der Waals surface area contributed by atoms with Crippen LogP contribution in [-0.4, -0.2) is 26.9 Å². The lowest BCUT2D eigenvalue weighted by Crippen LogP contribution is -2.42. The highest BCUT2D eigenvalue weighted by molar-refractivity contribution is 5.94. The van der Waals surface area contributed by atoms with Crippen molar-refractivity contribution in [1.82, 2.24) is 20.3 Å². The molecule has 1 aromatic heterocycles. The average molecular weight is 351 g/mol. The summed E-state index contributed by atoms with van der Waals surface area (Å²) in [6, 6.07) is 15.3. The number of fused-ring (bicyclic) bond motifs is 1. The number of amides is 1. The Morgan fingerprint density at radius 2 is 1.85 bits per heavy atom. The highest BCUT2D eigenvalue weighted by Crippen LogP contribution is 2.13. The second-order valence-corrected chi connectivity index (χ2v) is 6.98. The minimum Gasteiger partial charge on any atom is -0.325 e. The summed E-state index contributed by atoms with van der Waals surface area (Å²) in [5.74, 6) is 0.357. The van der Waals surface area contributed by atoms with E-state index in [2.05, 4.69) is 34.8 Å². The lowest BCUT2D eigenvalue weighted by molar-refractivity contribution is -0.118. The number of hydrogen-bond acceptors (Lipinski definition) is 4. The summed E-state index contributed by atoms with van der Waals surface area (Å²) in [6.45, 7) is 6.67. The summed E-state index contributed by atoms with van der Waals surface area (Å²) in [5, 5.41) is 14.6. The molecule has 2 aromatic carbocycles. The van der Waals surface area contributed by atoms with Crippen LogP contribution >= 0.6 is 0 Å². The van der Waals surface area contributed by atoms with Crippen molar-refractivity contribution in [3.05, 3.63) is 54.1 Å². The quantitative estimate of drug-likeness (QED) is 0.685. The lowest BCUT2D eigenvalue weighted by atomic mass is 10.0. The maximum absolute atomic E-state index is 12.7. The molecule has 1 unspecified atom stereocenters. The Kier molecular flexibility index (Phi) is 5.63. The molecule has 1 amide bonds. The second kappa shape index (κ2) is 8.10. The van der Waals surface area contributed by atoms with Crippen LogP contribution in [-0.2, 0) is 11.5 Å². The van der Waals surface area contributed by atoms with Gasteiger partial charge in [-0.2, -0.15) is 0 Å². The van der Waals surface area contributed by atoms with E-state index in [4.69, 9.17) is 0 Å². The zero-order valence-electron chi connectivity index (χ0n) is 15.4. The molecule has 3 aromatic rings. The van der Waals surface area contributed by atoms with Crippen LogP contribution < -0.4 is 10.6 Å². The molecule has 1 heterocycles. The summed E-state index contributed by atoms with van der Waals surface area (Å²) in [4.78, 5) is 12.7. The monoisotopic (exact) mass is 351 g/mol. The SMILES string of the molecule is Cc1ccc(NC(=O)C(CC(C)C)NCn2nnc3ccccc32)cc1. The molecule has 0 aliphatic carbocycles. The van der Waals surface area contributed by atoms with Crippen molar-refractivity contribution in [3.8, 4) is 0 Å². The van der Waals surface area contributed by atoms with E-state index in [-0.39, 0.29) is 11.9 Å². The summed E-state index contributed by atoms with van der Waals surface area (Å²) in [5.41, 5.74) is 3.77. The molecule has 3 rings (SSSR count). The van der Waals surface area contributed by atoms with Gasteiger partial charge in [0.15, 0.2) is 0 Å². The summed E-state index contributed by atoms with van der Waals surface area (Å²) in [6.07, 6.45) is 0.740. The first-order valence-corrected chi connectivity index (χ1v) is 8.92. The molecule has 6 nitrogen and oxygen atoms in total.